The quantitative estimate of drug-likeness (QED) is 0.873. The van der Waals surface area contributed by atoms with E-state index in [1.165, 1.54) is 31.2 Å². The average molecular weight is 275 g/mol. The molecule has 2 heteroatoms. The smallest absolute Gasteiger partial charge is 0.0626 e. The van der Waals surface area contributed by atoms with E-state index >= 15 is 0 Å². The summed E-state index contributed by atoms with van der Waals surface area (Å²) in [7, 11) is 0. The molecule has 2 rings (SSSR count). The number of rotatable bonds is 4. The van der Waals surface area contributed by atoms with Crippen molar-refractivity contribution >= 4 is 0 Å². The van der Waals surface area contributed by atoms with Crippen molar-refractivity contribution in [2.24, 2.45) is 11.3 Å². The first kappa shape index (κ1) is 15.5. The monoisotopic (exact) mass is 275 g/mol. The summed E-state index contributed by atoms with van der Waals surface area (Å²) in [5.74, 6) is 0.689. The maximum absolute atomic E-state index is 9.74. The summed E-state index contributed by atoms with van der Waals surface area (Å²) in [4.78, 5) is 0. The zero-order valence-corrected chi connectivity index (χ0v) is 13.1. The standard InChI is InChI=1S/C18H29NO/c1-18(2,3)15-11-7-8-12-16(15)19-17(13-20)14-9-5-4-6-10-14/h4-6,9-10,15-17,19-20H,7-8,11-13H2,1-3H3. The lowest BCUT2D eigenvalue weighted by Crippen LogP contribution is -2.46. The largest absolute Gasteiger partial charge is 0.394 e. The predicted octanol–water partition coefficient (Wildman–Crippen LogP) is 3.91. The van der Waals surface area contributed by atoms with Crippen LogP contribution in [0, 0.1) is 11.3 Å². The Kier molecular flexibility index (Phi) is 5.22. The van der Waals surface area contributed by atoms with Gasteiger partial charge in [-0.25, -0.2) is 0 Å². The molecule has 0 radical (unpaired) electrons. The summed E-state index contributed by atoms with van der Waals surface area (Å²) in [6.07, 6.45) is 5.17. The van der Waals surface area contributed by atoms with E-state index < -0.39 is 0 Å². The second-order valence-electron chi connectivity index (χ2n) is 7.18. The molecule has 1 aromatic rings. The van der Waals surface area contributed by atoms with Crippen molar-refractivity contribution in [1.82, 2.24) is 5.32 Å². The number of hydrogen-bond acceptors (Lipinski definition) is 2. The van der Waals surface area contributed by atoms with E-state index in [0.717, 1.165) is 0 Å². The van der Waals surface area contributed by atoms with E-state index in [4.69, 9.17) is 0 Å². The minimum Gasteiger partial charge on any atom is -0.394 e. The molecule has 0 saturated heterocycles. The van der Waals surface area contributed by atoms with Crippen LogP contribution >= 0.6 is 0 Å². The van der Waals surface area contributed by atoms with Crippen molar-refractivity contribution in [2.45, 2.75) is 58.5 Å². The van der Waals surface area contributed by atoms with Crippen molar-refractivity contribution in [3.8, 4) is 0 Å². The Balaban J connectivity index is 2.09. The molecule has 1 aromatic carbocycles. The number of nitrogens with one attached hydrogen (secondary N) is 1. The van der Waals surface area contributed by atoms with Crippen molar-refractivity contribution < 1.29 is 5.11 Å². The summed E-state index contributed by atoms with van der Waals surface area (Å²) < 4.78 is 0. The molecule has 3 unspecified atom stereocenters. The van der Waals surface area contributed by atoms with Crippen molar-refractivity contribution in [1.29, 1.82) is 0 Å². The Morgan fingerprint density at radius 1 is 1.15 bits per heavy atom. The van der Waals surface area contributed by atoms with E-state index in [2.05, 4.69) is 38.2 Å². The van der Waals surface area contributed by atoms with Crippen molar-refractivity contribution in [3.05, 3.63) is 35.9 Å². The van der Waals surface area contributed by atoms with Gasteiger partial charge in [-0.2, -0.15) is 0 Å². The molecule has 1 aliphatic carbocycles. The molecule has 0 bridgehead atoms. The highest BCUT2D eigenvalue weighted by Crippen LogP contribution is 2.38. The van der Waals surface area contributed by atoms with Gasteiger partial charge in [0.25, 0.3) is 0 Å². The van der Waals surface area contributed by atoms with Gasteiger partial charge in [-0.3, -0.25) is 0 Å². The van der Waals surface area contributed by atoms with Crippen LogP contribution in [0.4, 0.5) is 0 Å². The Labute approximate surface area is 123 Å². The van der Waals surface area contributed by atoms with E-state index in [9.17, 15) is 5.11 Å². The fourth-order valence-corrected chi connectivity index (χ4v) is 3.57. The third kappa shape index (κ3) is 3.83. The maximum Gasteiger partial charge on any atom is 0.0626 e. The van der Waals surface area contributed by atoms with E-state index in [1.54, 1.807) is 0 Å². The Hall–Kier alpha value is -0.860. The molecule has 0 aliphatic heterocycles. The molecule has 0 amide bonds. The van der Waals surface area contributed by atoms with Crippen LogP contribution in [0.2, 0.25) is 0 Å². The van der Waals surface area contributed by atoms with Crippen LogP contribution in [0.3, 0.4) is 0 Å². The van der Waals surface area contributed by atoms with Crippen molar-refractivity contribution in [3.63, 3.8) is 0 Å². The fraction of sp³-hybridized carbons (Fsp3) is 0.667. The van der Waals surface area contributed by atoms with E-state index in [0.29, 0.717) is 17.4 Å². The Morgan fingerprint density at radius 2 is 1.80 bits per heavy atom. The Bertz CT molecular complexity index is 396. The lowest BCUT2D eigenvalue weighted by Gasteiger charge is -2.42. The molecule has 2 nitrogen and oxygen atoms in total. The number of hydrogen-bond donors (Lipinski definition) is 2. The van der Waals surface area contributed by atoms with E-state index in [-0.39, 0.29) is 12.6 Å². The van der Waals surface area contributed by atoms with Crippen LogP contribution in [0.1, 0.15) is 58.1 Å². The topological polar surface area (TPSA) is 32.3 Å². The number of benzene rings is 1. The van der Waals surface area contributed by atoms with Gasteiger partial charge in [-0.05, 0) is 29.7 Å². The van der Waals surface area contributed by atoms with Crippen LogP contribution < -0.4 is 5.32 Å². The van der Waals surface area contributed by atoms with Gasteiger partial charge in [0.15, 0.2) is 0 Å². The van der Waals surface area contributed by atoms with Gasteiger partial charge in [0.05, 0.1) is 12.6 Å². The zero-order valence-electron chi connectivity index (χ0n) is 13.1. The van der Waals surface area contributed by atoms with Crippen LogP contribution in [-0.2, 0) is 0 Å². The highest BCUT2D eigenvalue weighted by Gasteiger charge is 2.35. The summed E-state index contributed by atoms with van der Waals surface area (Å²) in [5, 5.41) is 13.5. The molecule has 0 aromatic heterocycles. The number of aliphatic hydroxyl groups is 1. The van der Waals surface area contributed by atoms with Crippen LogP contribution in [0.15, 0.2) is 30.3 Å². The summed E-state index contributed by atoms with van der Waals surface area (Å²) in [5.41, 5.74) is 1.52. The molecule has 1 fully saturated rings. The average Bonchev–Trinajstić information content (AvgIpc) is 2.45. The van der Waals surface area contributed by atoms with Gasteiger partial charge in [0.2, 0.25) is 0 Å². The SMILES string of the molecule is CC(C)(C)C1CCCCC1NC(CO)c1ccccc1. The van der Waals surface area contributed by atoms with E-state index in [1.807, 2.05) is 18.2 Å². The molecular formula is C18H29NO. The highest BCUT2D eigenvalue weighted by molar-refractivity contribution is 5.19. The molecule has 1 saturated carbocycles. The van der Waals surface area contributed by atoms with Gasteiger partial charge >= 0.3 is 0 Å². The predicted molar refractivity (Wildman–Crippen MR) is 84.6 cm³/mol. The molecular weight excluding hydrogens is 246 g/mol. The van der Waals surface area contributed by atoms with Crippen LogP contribution in [0.5, 0.6) is 0 Å². The third-order valence-electron chi connectivity index (χ3n) is 4.68. The first-order chi connectivity index (χ1) is 9.52. The first-order valence-corrected chi connectivity index (χ1v) is 7.94. The summed E-state index contributed by atoms with van der Waals surface area (Å²) in [6.45, 7) is 7.19. The van der Waals surface area contributed by atoms with Gasteiger partial charge in [0.1, 0.15) is 0 Å². The van der Waals surface area contributed by atoms with Crippen LogP contribution in [0.25, 0.3) is 0 Å². The van der Waals surface area contributed by atoms with Gasteiger partial charge in [0, 0.05) is 6.04 Å². The zero-order chi connectivity index (χ0) is 14.6. The van der Waals surface area contributed by atoms with Gasteiger partial charge < -0.3 is 10.4 Å². The lowest BCUT2D eigenvalue weighted by atomic mass is 9.69. The minimum atomic E-state index is 0.0594. The molecule has 2 N–H and O–H groups in total. The normalized spacial score (nSPS) is 25.4. The first-order valence-electron chi connectivity index (χ1n) is 7.94. The fourth-order valence-electron chi connectivity index (χ4n) is 3.57. The lowest BCUT2D eigenvalue weighted by molar-refractivity contribution is 0.111. The third-order valence-corrected chi connectivity index (χ3v) is 4.68. The summed E-state index contributed by atoms with van der Waals surface area (Å²) in [6, 6.07) is 10.9. The van der Waals surface area contributed by atoms with Gasteiger partial charge in [-0.1, -0.05) is 63.9 Å². The van der Waals surface area contributed by atoms with Crippen LogP contribution in [-0.4, -0.2) is 17.8 Å². The highest BCUT2D eigenvalue weighted by atomic mass is 16.3. The second-order valence-corrected chi connectivity index (χ2v) is 7.18. The molecule has 20 heavy (non-hydrogen) atoms. The summed E-state index contributed by atoms with van der Waals surface area (Å²) >= 11 is 0. The molecule has 3 atom stereocenters. The molecule has 112 valence electrons. The number of aliphatic hydroxyl groups excluding tert-OH is 1. The second kappa shape index (κ2) is 6.73. The Morgan fingerprint density at radius 3 is 2.40 bits per heavy atom. The van der Waals surface area contributed by atoms with Gasteiger partial charge in [-0.15, -0.1) is 0 Å². The van der Waals surface area contributed by atoms with Crippen molar-refractivity contribution in [2.75, 3.05) is 6.61 Å². The molecule has 0 heterocycles. The maximum atomic E-state index is 9.74. The minimum absolute atomic E-state index is 0.0594. The molecule has 0 spiro atoms. The molecule has 1 aliphatic rings.